The third-order valence-corrected chi connectivity index (χ3v) is 6.91. The Labute approximate surface area is 265 Å². The van der Waals surface area contributed by atoms with Gasteiger partial charge in [-0.2, -0.15) is 0 Å². The molecule has 0 bridgehead atoms. The first-order valence-electron chi connectivity index (χ1n) is 14.3. The first-order valence-corrected chi connectivity index (χ1v) is 14.8. The van der Waals surface area contributed by atoms with Crippen molar-refractivity contribution >= 4 is 29.8 Å². The number of allylic oxidation sites excluding steroid dienone is 3. The fraction of sp³-hybridized carbons (Fsp3) is 0.500. The summed E-state index contributed by atoms with van der Waals surface area (Å²) in [6, 6.07) is 3.35. The van der Waals surface area contributed by atoms with Crippen molar-refractivity contribution in [3.63, 3.8) is 0 Å². The predicted octanol–water partition coefficient (Wildman–Crippen LogP) is 3.45. The van der Waals surface area contributed by atoms with E-state index in [0.29, 0.717) is 56.0 Å². The van der Waals surface area contributed by atoms with Crippen LogP contribution in [0.15, 0.2) is 42.3 Å². The summed E-state index contributed by atoms with van der Waals surface area (Å²) < 4.78 is 42.4. The van der Waals surface area contributed by atoms with Gasteiger partial charge < -0.3 is 20.1 Å². The summed E-state index contributed by atoms with van der Waals surface area (Å²) in [4.78, 5) is 24.8. The minimum atomic E-state index is -2.67. The van der Waals surface area contributed by atoms with Gasteiger partial charge >= 0.3 is 125 Å². The molecule has 2 aromatic rings. The Hall–Kier alpha value is -3.21. The molecule has 243 valence electrons. The molecule has 2 amide bonds. The number of carbonyl (C=O) groups is 2. The van der Waals surface area contributed by atoms with Gasteiger partial charge in [0.1, 0.15) is 6.10 Å². The molecular formula is C30H40BF2N6NiO4-2. The maximum absolute atomic E-state index is 13.8. The van der Waals surface area contributed by atoms with Crippen molar-refractivity contribution < 1.29 is 42.7 Å². The van der Waals surface area contributed by atoms with E-state index in [1.807, 2.05) is 20.8 Å². The number of hydrogen-bond donors (Lipinski definition) is 2. The van der Waals surface area contributed by atoms with Crippen LogP contribution in [0.25, 0.3) is 6.08 Å². The zero-order chi connectivity index (χ0) is 32.5. The van der Waals surface area contributed by atoms with Crippen LogP contribution in [0.1, 0.15) is 65.0 Å². The van der Waals surface area contributed by atoms with E-state index < -0.39 is 24.7 Å². The minimum absolute atomic E-state index is 0.314. The van der Waals surface area contributed by atoms with Crippen LogP contribution < -0.4 is 10.6 Å². The standard InChI is InChI=1S/C30H40BF2N6O4.Ni/c1-7-9-22(2)11-12-25-14-13-24(39(25)31(32)33)10-8-19-38-20-23(36-37-38)15-17-34-26(40)16-18-35-28(41)27-29(3,4)21-42-30(5,6)43-27;/h9,12-14,16,18,20,27H,8,10,15,17,19,21H2,1-6H3,(H,34,40)(H,35,41);/q-2;/b18-16-,22-9-;/t27-;/m1./s1. The van der Waals surface area contributed by atoms with Gasteiger partial charge in [-0.05, 0) is 13.8 Å². The molecule has 0 aromatic carbocycles. The second-order valence-electron chi connectivity index (χ2n) is 11.7. The van der Waals surface area contributed by atoms with E-state index in [9.17, 15) is 18.2 Å². The fourth-order valence-electron chi connectivity index (χ4n) is 4.54. The van der Waals surface area contributed by atoms with E-state index in [0.717, 1.165) is 14.5 Å². The molecule has 3 heterocycles. The zero-order valence-electron chi connectivity index (χ0n) is 25.9. The number of halogens is 2. The van der Waals surface area contributed by atoms with Crippen molar-refractivity contribution in [3.8, 4) is 0 Å². The van der Waals surface area contributed by atoms with Crippen LogP contribution in [0, 0.1) is 11.5 Å². The van der Waals surface area contributed by atoms with Gasteiger partial charge in [0.15, 0.2) is 5.79 Å². The summed E-state index contributed by atoms with van der Waals surface area (Å²) in [6.45, 7) is 12.1. The molecule has 1 saturated heterocycles. The van der Waals surface area contributed by atoms with E-state index in [-0.39, 0.29) is 11.8 Å². The van der Waals surface area contributed by atoms with Gasteiger partial charge in [0.05, 0.1) is 12.3 Å². The summed E-state index contributed by atoms with van der Waals surface area (Å²) >= 11 is 4.73. The van der Waals surface area contributed by atoms with Crippen molar-refractivity contribution in [1.82, 2.24) is 30.1 Å². The van der Waals surface area contributed by atoms with Gasteiger partial charge in [-0.3, -0.25) is 9.59 Å². The Bertz CT molecular complexity index is 1420. The summed E-state index contributed by atoms with van der Waals surface area (Å²) in [6.07, 6.45) is 11.3. The monoisotopic (exact) mass is 655 g/mol. The number of hydrogen-bond acceptors (Lipinski definition) is 6. The van der Waals surface area contributed by atoms with Crippen LogP contribution >= 0.6 is 0 Å². The first kappa shape index (κ1) is 35.3. The van der Waals surface area contributed by atoms with Crippen LogP contribution in [0.4, 0.5) is 8.63 Å². The number of ether oxygens (including phenoxy) is 2. The number of aryl methyl sites for hydroxylation is 2. The third-order valence-electron chi connectivity index (χ3n) is 6.77. The van der Waals surface area contributed by atoms with Crippen molar-refractivity contribution in [2.75, 3.05) is 13.2 Å². The fourth-order valence-corrected chi connectivity index (χ4v) is 4.75. The molecule has 44 heavy (non-hydrogen) atoms. The molecule has 2 aromatic heterocycles. The first-order chi connectivity index (χ1) is 20.7. The topological polar surface area (TPSA) is 112 Å². The van der Waals surface area contributed by atoms with Gasteiger partial charge in [-0.25, -0.2) is 0 Å². The van der Waals surface area contributed by atoms with E-state index in [1.54, 1.807) is 55.9 Å². The molecule has 1 fully saturated rings. The molecule has 10 nitrogen and oxygen atoms in total. The number of carbonyl (C=O) groups excluding carboxylic acids is 2. The Morgan fingerprint density at radius 2 is 1.98 bits per heavy atom. The Kier molecular flexibility index (Phi) is 12.6. The van der Waals surface area contributed by atoms with Crippen molar-refractivity contribution in [2.24, 2.45) is 5.41 Å². The summed E-state index contributed by atoms with van der Waals surface area (Å²) in [5, 5.41) is 13.6. The normalized spacial score (nSPS) is 18.3. The van der Waals surface area contributed by atoms with E-state index in [1.165, 1.54) is 12.3 Å². The molecule has 1 radical (unpaired) electrons. The zero-order valence-corrected chi connectivity index (χ0v) is 26.9. The summed E-state index contributed by atoms with van der Waals surface area (Å²) in [7, 11) is -2.67. The van der Waals surface area contributed by atoms with Gasteiger partial charge in [0.25, 0.3) is 5.91 Å². The van der Waals surface area contributed by atoms with Gasteiger partial charge in [-0.15, -0.1) is 5.10 Å². The van der Waals surface area contributed by atoms with Crippen LogP contribution in [0.5, 0.6) is 0 Å². The van der Waals surface area contributed by atoms with Gasteiger partial charge in [0.2, 0.25) is 5.91 Å². The van der Waals surface area contributed by atoms with Crippen LogP contribution in [0.2, 0.25) is 0 Å². The Balaban J connectivity index is 1.42. The molecule has 0 aliphatic carbocycles. The van der Waals surface area contributed by atoms with E-state index in [2.05, 4.69) is 27.0 Å². The molecule has 1 aliphatic rings. The average Bonchev–Trinajstić information content (AvgIpc) is 3.55. The maximum atomic E-state index is 13.8. The van der Waals surface area contributed by atoms with Crippen molar-refractivity contribution in [2.45, 2.75) is 79.2 Å². The number of amides is 2. The molecule has 2 N–H and O–H groups in total. The number of nitrogens with zero attached hydrogens (tertiary/aromatic N) is 4. The van der Waals surface area contributed by atoms with Crippen LogP contribution in [-0.4, -0.2) is 68.2 Å². The van der Waals surface area contributed by atoms with Gasteiger partial charge in [0, 0.05) is 36.9 Å². The Morgan fingerprint density at radius 1 is 1.23 bits per heavy atom. The SMILES string of the molecule is C[C](=[Ni])/C=C(/C)[C-]=Cc1ccc(CCCn2cc(CCNC(=O)/C=C\NC(=O)[C@H]3OC(C)(C)OCC3(C)C)nn2)n1[B-](F)F. The molecule has 1 aliphatic heterocycles. The number of rotatable bonds is 14. The van der Waals surface area contributed by atoms with Crippen LogP contribution in [0.3, 0.4) is 0 Å². The van der Waals surface area contributed by atoms with Crippen LogP contribution in [-0.2, 0) is 53.5 Å². The van der Waals surface area contributed by atoms with Crippen molar-refractivity contribution in [3.05, 3.63) is 65.4 Å². The molecular weight excluding hydrogens is 616 g/mol. The molecule has 1 atom stereocenters. The second-order valence-corrected chi connectivity index (χ2v) is 12.5. The average molecular weight is 656 g/mol. The number of aromatic nitrogens is 4. The number of nitrogens with one attached hydrogen (secondary N) is 2. The molecule has 0 unspecified atom stereocenters. The third kappa shape index (κ3) is 10.7. The molecule has 0 saturated carbocycles. The Morgan fingerprint density at radius 3 is 2.68 bits per heavy atom. The second kappa shape index (κ2) is 15.7. The van der Waals surface area contributed by atoms with E-state index in [4.69, 9.17) is 24.5 Å². The van der Waals surface area contributed by atoms with Crippen molar-refractivity contribution in [1.29, 1.82) is 0 Å². The van der Waals surface area contributed by atoms with E-state index >= 15 is 0 Å². The summed E-state index contributed by atoms with van der Waals surface area (Å²) in [5.41, 5.74) is 1.82. The van der Waals surface area contributed by atoms with Gasteiger partial charge in [-0.1, -0.05) is 19.1 Å². The molecule has 14 heteroatoms. The molecule has 3 rings (SSSR count). The molecule has 0 spiro atoms. The quantitative estimate of drug-likeness (QED) is 0.140. The summed E-state index contributed by atoms with van der Waals surface area (Å²) in [5.74, 6) is -1.60. The predicted molar refractivity (Wildman–Crippen MR) is 161 cm³/mol.